The highest BCUT2D eigenvalue weighted by atomic mass is 35.9. The quantitative estimate of drug-likeness (QED) is 0.391. The molecule has 0 fully saturated rings. The molecule has 0 rings (SSSR count). The number of halogens is 2. The average Bonchev–Trinajstić information content (AvgIpc) is 1.96. The molecule has 0 saturated carbocycles. The molecule has 0 bridgehead atoms. The SMILES string of the molecule is C#CCCCN(C(C)C)P(Cl)Cl. The zero-order valence-electron chi connectivity index (χ0n) is 7.43. The van der Waals surface area contributed by atoms with Crippen LogP contribution in [-0.2, 0) is 0 Å². The number of unbranched alkanes of at least 4 members (excludes halogenated alkanes) is 1. The fourth-order valence-corrected chi connectivity index (χ4v) is 2.99. The topological polar surface area (TPSA) is 3.24 Å². The van der Waals surface area contributed by atoms with Gasteiger partial charge in [-0.25, -0.2) is 0 Å². The van der Waals surface area contributed by atoms with Gasteiger partial charge in [-0.1, -0.05) is 22.5 Å². The molecule has 0 amide bonds. The molecule has 0 radical (unpaired) electrons. The number of hydrogen-bond acceptors (Lipinski definition) is 1. The van der Waals surface area contributed by atoms with Crippen molar-refractivity contribution in [3.8, 4) is 12.3 Å². The minimum Gasteiger partial charge on any atom is -0.255 e. The standard InChI is InChI=1S/C8H14Cl2NP/c1-4-5-6-7-11(8(2)3)12(9)10/h1,8H,5-7H2,2-3H3. The van der Waals surface area contributed by atoms with Gasteiger partial charge < -0.3 is 0 Å². The summed E-state index contributed by atoms with van der Waals surface area (Å²) >= 11 is 11.6. The van der Waals surface area contributed by atoms with Gasteiger partial charge in [-0.15, -0.1) is 12.3 Å². The smallest absolute Gasteiger partial charge is 0.160 e. The first-order valence-corrected chi connectivity index (χ1v) is 7.01. The molecule has 0 aromatic rings. The Hall–Kier alpha value is 0.530. The van der Waals surface area contributed by atoms with Crippen LogP contribution in [0.1, 0.15) is 26.7 Å². The van der Waals surface area contributed by atoms with Crippen LogP contribution in [0.4, 0.5) is 0 Å². The molecule has 0 saturated heterocycles. The first-order valence-electron chi connectivity index (χ1n) is 3.91. The number of rotatable bonds is 5. The lowest BCUT2D eigenvalue weighted by Gasteiger charge is -2.26. The van der Waals surface area contributed by atoms with E-state index < -0.39 is 6.78 Å². The lowest BCUT2D eigenvalue weighted by Crippen LogP contribution is -2.24. The van der Waals surface area contributed by atoms with Gasteiger partial charge >= 0.3 is 0 Å². The van der Waals surface area contributed by atoms with E-state index in [1.165, 1.54) is 0 Å². The summed E-state index contributed by atoms with van der Waals surface area (Å²) in [6, 6.07) is 0.392. The molecule has 0 atom stereocenters. The number of hydrogen-bond donors (Lipinski definition) is 0. The molecule has 1 nitrogen and oxygen atoms in total. The minimum atomic E-state index is -1.01. The van der Waals surface area contributed by atoms with Gasteiger partial charge in [0.2, 0.25) is 0 Å². The maximum atomic E-state index is 5.82. The third kappa shape index (κ3) is 5.22. The lowest BCUT2D eigenvalue weighted by atomic mass is 10.3. The van der Waals surface area contributed by atoms with Gasteiger partial charge in [0, 0.05) is 19.0 Å². The highest BCUT2D eigenvalue weighted by Gasteiger charge is 2.15. The first kappa shape index (κ1) is 12.5. The monoisotopic (exact) mass is 225 g/mol. The second-order valence-electron chi connectivity index (χ2n) is 2.78. The normalized spacial score (nSPS) is 11.2. The van der Waals surface area contributed by atoms with E-state index in [4.69, 9.17) is 28.9 Å². The van der Waals surface area contributed by atoms with Crippen LogP contribution in [0.2, 0.25) is 0 Å². The molecule has 0 aliphatic rings. The van der Waals surface area contributed by atoms with Crippen molar-refractivity contribution >= 4 is 29.3 Å². The van der Waals surface area contributed by atoms with Gasteiger partial charge in [0.15, 0.2) is 6.78 Å². The molecule has 0 aliphatic heterocycles. The Kier molecular flexibility index (Phi) is 7.29. The summed E-state index contributed by atoms with van der Waals surface area (Å²) in [5.41, 5.74) is 0. The molecule has 0 aromatic carbocycles. The Morgan fingerprint density at radius 3 is 2.42 bits per heavy atom. The molecule has 4 heteroatoms. The highest BCUT2D eigenvalue weighted by molar-refractivity contribution is 8.02. The Labute approximate surface area is 85.8 Å². The van der Waals surface area contributed by atoms with E-state index in [0.717, 1.165) is 19.4 Å². The summed E-state index contributed by atoms with van der Waals surface area (Å²) < 4.78 is 2.07. The molecule has 0 aliphatic carbocycles. The van der Waals surface area contributed by atoms with E-state index in [0.29, 0.717) is 6.04 Å². The summed E-state index contributed by atoms with van der Waals surface area (Å²) in [7, 11) is 0. The highest BCUT2D eigenvalue weighted by Crippen LogP contribution is 2.51. The summed E-state index contributed by atoms with van der Waals surface area (Å²) in [6.45, 7) is 4.04. The average molecular weight is 226 g/mol. The van der Waals surface area contributed by atoms with Crippen LogP contribution in [0.15, 0.2) is 0 Å². The second-order valence-corrected chi connectivity index (χ2v) is 6.16. The van der Waals surface area contributed by atoms with E-state index in [2.05, 4.69) is 24.4 Å². The van der Waals surface area contributed by atoms with Crippen LogP contribution in [-0.4, -0.2) is 17.3 Å². The molecule has 70 valence electrons. The zero-order valence-corrected chi connectivity index (χ0v) is 9.83. The predicted molar refractivity (Wildman–Crippen MR) is 58.5 cm³/mol. The maximum absolute atomic E-state index is 5.82. The van der Waals surface area contributed by atoms with Crippen molar-refractivity contribution in [2.45, 2.75) is 32.7 Å². The van der Waals surface area contributed by atoms with Crippen LogP contribution in [0.3, 0.4) is 0 Å². The van der Waals surface area contributed by atoms with Gasteiger partial charge in [-0.2, -0.15) is 0 Å². The molecule has 12 heavy (non-hydrogen) atoms. The zero-order chi connectivity index (χ0) is 9.56. The van der Waals surface area contributed by atoms with Crippen LogP contribution in [0.25, 0.3) is 0 Å². The molecule has 0 spiro atoms. The van der Waals surface area contributed by atoms with Gasteiger partial charge in [0.05, 0.1) is 0 Å². The van der Waals surface area contributed by atoms with Crippen molar-refractivity contribution in [2.75, 3.05) is 6.54 Å². The lowest BCUT2D eigenvalue weighted by molar-refractivity contribution is 0.386. The Balaban J connectivity index is 3.74. The molecular formula is C8H14Cl2NP. The Morgan fingerprint density at radius 2 is 2.08 bits per heavy atom. The second kappa shape index (κ2) is 6.98. The molecule has 0 unspecified atom stereocenters. The van der Waals surface area contributed by atoms with Crippen molar-refractivity contribution in [3.05, 3.63) is 0 Å². The Morgan fingerprint density at radius 1 is 1.50 bits per heavy atom. The van der Waals surface area contributed by atoms with Gasteiger partial charge in [0.25, 0.3) is 0 Å². The van der Waals surface area contributed by atoms with Gasteiger partial charge in [0.1, 0.15) is 0 Å². The van der Waals surface area contributed by atoms with Crippen LogP contribution in [0.5, 0.6) is 0 Å². The van der Waals surface area contributed by atoms with Crippen LogP contribution >= 0.6 is 29.3 Å². The maximum Gasteiger partial charge on any atom is 0.160 e. The molecule has 0 heterocycles. The Bertz CT molecular complexity index is 146. The van der Waals surface area contributed by atoms with Crippen molar-refractivity contribution in [1.29, 1.82) is 0 Å². The van der Waals surface area contributed by atoms with E-state index in [9.17, 15) is 0 Å². The first-order chi connectivity index (χ1) is 5.59. The van der Waals surface area contributed by atoms with Crippen molar-refractivity contribution in [2.24, 2.45) is 0 Å². The summed E-state index contributed by atoms with van der Waals surface area (Å²) in [6.07, 6.45) is 6.89. The third-order valence-corrected chi connectivity index (χ3v) is 3.71. The number of nitrogens with zero attached hydrogens (tertiary/aromatic N) is 1. The fourth-order valence-electron chi connectivity index (χ4n) is 0.851. The van der Waals surface area contributed by atoms with Crippen LogP contribution in [0, 0.1) is 12.3 Å². The fraction of sp³-hybridized carbons (Fsp3) is 0.750. The summed E-state index contributed by atoms with van der Waals surface area (Å²) in [5.74, 6) is 2.60. The molecule has 0 N–H and O–H groups in total. The van der Waals surface area contributed by atoms with E-state index in [-0.39, 0.29) is 0 Å². The van der Waals surface area contributed by atoms with Gasteiger partial charge in [-0.05, 0) is 20.3 Å². The van der Waals surface area contributed by atoms with Gasteiger partial charge in [-0.3, -0.25) is 4.67 Å². The molecular weight excluding hydrogens is 212 g/mol. The van der Waals surface area contributed by atoms with E-state index in [1.54, 1.807) is 0 Å². The summed E-state index contributed by atoms with van der Waals surface area (Å²) in [5, 5.41) is 0. The van der Waals surface area contributed by atoms with Crippen LogP contribution < -0.4 is 0 Å². The van der Waals surface area contributed by atoms with Crippen molar-refractivity contribution in [3.63, 3.8) is 0 Å². The minimum absolute atomic E-state index is 0.392. The van der Waals surface area contributed by atoms with E-state index in [1.807, 2.05) is 0 Å². The number of terminal acetylenes is 1. The van der Waals surface area contributed by atoms with Crippen molar-refractivity contribution < 1.29 is 0 Å². The molecule has 0 aromatic heterocycles. The predicted octanol–water partition coefficient (Wildman–Crippen LogP) is 3.81. The largest absolute Gasteiger partial charge is 0.255 e. The van der Waals surface area contributed by atoms with E-state index >= 15 is 0 Å². The summed E-state index contributed by atoms with van der Waals surface area (Å²) in [4.78, 5) is 0. The third-order valence-electron chi connectivity index (χ3n) is 1.50. The van der Waals surface area contributed by atoms with Crippen molar-refractivity contribution in [1.82, 2.24) is 4.67 Å².